The second-order valence-electron chi connectivity index (χ2n) is 9.24. The summed E-state index contributed by atoms with van der Waals surface area (Å²) in [6, 6.07) is 3.17. The molecule has 0 fully saturated rings. The van der Waals surface area contributed by atoms with Gasteiger partial charge in [-0.15, -0.1) is 0 Å². The van der Waals surface area contributed by atoms with Crippen LogP contribution in [0, 0.1) is 24.8 Å². The highest BCUT2D eigenvalue weighted by molar-refractivity contribution is 9.09. The quantitative estimate of drug-likeness (QED) is 0.124. The Hall–Kier alpha value is -5.36. The monoisotopic (exact) mass is 904 g/mol. The highest BCUT2D eigenvalue weighted by Gasteiger charge is 2.39. The molecule has 4 aromatic rings. The summed E-state index contributed by atoms with van der Waals surface area (Å²) >= 11 is 5.88. The Bertz CT molecular complexity index is 2270. The molecule has 292 valence electrons. The SMILES string of the molecule is CBr.CBr.[C-]#[N+]c1cc(F)c(-n2nc(C(F)(F)F)c(=O)[nH]c2=O)cc1OCC.[C-]#[N+]c1cc(F)c(-n2nc(C(F)(F)F)c(=O)n(CC)c2=O)cc1OCC. The molecule has 0 aliphatic rings. The minimum Gasteiger partial charge on any atom is -0.505 e. The van der Waals surface area contributed by atoms with E-state index in [9.17, 15) is 54.3 Å². The molecule has 4 rings (SSSR count). The van der Waals surface area contributed by atoms with Gasteiger partial charge >= 0.3 is 23.7 Å². The second kappa shape index (κ2) is 20.2. The Morgan fingerprint density at radius 3 is 1.50 bits per heavy atom. The first-order valence-electron chi connectivity index (χ1n) is 14.4. The maximum atomic E-state index is 14.3. The topological polar surface area (TPSA) is 152 Å². The zero-order chi connectivity index (χ0) is 41.7. The van der Waals surface area contributed by atoms with Gasteiger partial charge in [0, 0.05) is 6.54 Å². The summed E-state index contributed by atoms with van der Waals surface area (Å²) in [6.07, 6.45) is -10.3. The molecule has 0 spiro atoms. The van der Waals surface area contributed by atoms with Gasteiger partial charge in [0.25, 0.3) is 11.1 Å². The van der Waals surface area contributed by atoms with Crippen molar-refractivity contribution in [2.45, 2.75) is 39.7 Å². The molecule has 0 saturated heterocycles. The minimum atomic E-state index is -5.14. The van der Waals surface area contributed by atoms with Gasteiger partial charge in [-0.2, -0.15) is 45.9 Å². The van der Waals surface area contributed by atoms with E-state index in [-0.39, 0.29) is 52.0 Å². The van der Waals surface area contributed by atoms with Crippen LogP contribution < -0.4 is 32.0 Å². The molecule has 0 aliphatic carbocycles. The molecular formula is C30H26Br2F8N8O6. The van der Waals surface area contributed by atoms with Crippen LogP contribution in [0.1, 0.15) is 32.2 Å². The fourth-order valence-electron chi connectivity index (χ4n) is 3.98. The molecule has 0 unspecified atom stereocenters. The van der Waals surface area contributed by atoms with E-state index >= 15 is 0 Å². The summed E-state index contributed by atoms with van der Waals surface area (Å²) < 4.78 is 117. The summed E-state index contributed by atoms with van der Waals surface area (Å²) in [5, 5.41) is 5.91. The molecule has 2 heterocycles. The summed E-state index contributed by atoms with van der Waals surface area (Å²) in [6.45, 7) is 18.2. The molecule has 2 aromatic heterocycles. The van der Waals surface area contributed by atoms with Crippen LogP contribution in [0.3, 0.4) is 0 Å². The first kappa shape index (κ1) is 46.7. The molecule has 0 aliphatic heterocycles. The van der Waals surface area contributed by atoms with E-state index in [1.807, 2.05) is 11.7 Å². The third kappa shape index (κ3) is 10.8. The lowest BCUT2D eigenvalue weighted by molar-refractivity contribution is -0.144. The Kier molecular flexibility index (Phi) is 17.4. The van der Waals surface area contributed by atoms with E-state index in [1.165, 1.54) is 11.9 Å². The number of ether oxygens (including phenoxy) is 2. The predicted molar refractivity (Wildman–Crippen MR) is 185 cm³/mol. The zero-order valence-corrected chi connectivity index (χ0v) is 31.5. The van der Waals surface area contributed by atoms with Crippen LogP contribution in [-0.2, 0) is 18.9 Å². The van der Waals surface area contributed by atoms with Crippen molar-refractivity contribution in [2.75, 3.05) is 24.9 Å². The summed E-state index contributed by atoms with van der Waals surface area (Å²) in [5.41, 5.74) is -11.6. The van der Waals surface area contributed by atoms with Gasteiger partial charge in [0.1, 0.15) is 34.5 Å². The third-order valence-corrected chi connectivity index (χ3v) is 6.09. The van der Waals surface area contributed by atoms with Gasteiger partial charge in [0.15, 0.2) is 0 Å². The summed E-state index contributed by atoms with van der Waals surface area (Å²) in [7, 11) is 0. The maximum absolute atomic E-state index is 14.3. The van der Waals surface area contributed by atoms with Crippen molar-refractivity contribution in [2.24, 2.45) is 0 Å². The van der Waals surface area contributed by atoms with Gasteiger partial charge in [-0.3, -0.25) is 19.1 Å². The molecule has 0 bridgehead atoms. The number of nitrogens with one attached hydrogen (secondary N) is 1. The molecule has 14 nitrogen and oxygen atoms in total. The summed E-state index contributed by atoms with van der Waals surface area (Å²) in [5.74, 6) is 1.01. The Labute approximate surface area is 315 Å². The number of hydrogen-bond acceptors (Lipinski definition) is 8. The van der Waals surface area contributed by atoms with Crippen molar-refractivity contribution >= 4 is 43.2 Å². The molecule has 0 radical (unpaired) electrons. The van der Waals surface area contributed by atoms with Gasteiger partial charge in [-0.1, -0.05) is 31.9 Å². The Balaban J connectivity index is 0.000000496. The molecule has 54 heavy (non-hydrogen) atoms. The molecule has 2 aromatic carbocycles. The van der Waals surface area contributed by atoms with Crippen LogP contribution in [0.5, 0.6) is 11.5 Å². The Morgan fingerprint density at radius 1 is 0.722 bits per heavy atom. The van der Waals surface area contributed by atoms with Crippen LogP contribution >= 0.6 is 31.9 Å². The first-order valence-corrected chi connectivity index (χ1v) is 17.6. The predicted octanol–water partition coefficient (Wildman–Crippen LogP) is 6.57. The van der Waals surface area contributed by atoms with Crippen LogP contribution in [0.15, 0.2) is 43.4 Å². The average Bonchev–Trinajstić information content (AvgIpc) is 3.11. The van der Waals surface area contributed by atoms with E-state index in [4.69, 9.17) is 22.6 Å². The largest absolute Gasteiger partial charge is 0.505 e. The number of aromatic amines is 1. The number of hydrogen-bond donors (Lipinski definition) is 1. The van der Waals surface area contributed by atoms with Gasteiger partial charge in [0.05, 0.1) is 26.4 Å². The molecular weight excluding hydrogens is 880 g/mol. The highest BCUT2D eigenvalue weighted by Crippen LogP contribution is 2.33. The van der Waals surface area contributed by atoms with E-state index in [2.05, 4.69) is 51.7 Å². The molecule has 0 saturated carbocycles. The second-order valence-corrected chi connectivity index (χ2v) is 9.24. The zero-order valence-electron chi connectivity index (χ0n) is 28.3. The van der Waals surface area contributed by atoms with Crippen LogP contribution in [0.25, 0.3) is 21.1 Å². The van der Waals surface area contributed by atoms with Gasteiger partial charge in [0.2, 0.25) is 22.8 Å². The normalized spacial score (nSPS) is 10.6. The smallest absolute Gasteiger partial charge is 0.440 e. The van der Waals surface area contributed by atoms with Crippen LogP contribution in [-0.4, -0.2) is 54.0 Å². The van der Waals surface area contributed by atoms with Crippen LogP contribution in [0.4, 0.5) is 46.5 Å². The number of H-pyrrole nitrogens is 1. The maximum Gasteiger partial charge on any atom is 0.440 e. The number of benzene rings is 2. The lowest BCUT2D eigenvalue weighted by atomic mass is 10.2. The number of rotatable bonds is 7. The fraction of sp³-hybridized carbons (Fsp3) is 0.333. The first-order chi connectivity index (χ1) is 25.3. The number of halogens is 10. The lowest BCUT2D eigenvalue weighted by Crippen LogP contribution is -2.44. The van der Waals surface area contributed by atoms with Gasteiger partial charge < -0.3 is 9.47 Å². The minimum absolute atomic E-state index is 0.0514. The van der Waals surface area contributed by atoms with E-state index < -0.39 is 69.2 Å². The van der Waals surface area contributed by atoms with Crippen molar-refractivity contribution in [1.82, 2.24) is 29.1 Å². The summed E-state index contributed by atoms with van der Waals surface area (Å²) in [4.78, 5) is 54.5. The number of alkyl halides is 8. The Morgan fingerprint density at radius 2 is 1.13 bits per heavy atom. The van der Waals surface area contributed by atoms with Crippen molar-refractivity contribution in [3.8, 4) is 22.9 Å². The highest BCUT2D eigenvalue weighted by atomic mass is 79.9. The molecule has 24 heteroatoms. The van der Waals surface area contributed by atoms with Crippen molar-refractivity contribution < 1.29 is 44.6 Å². The van der Waals surface area contributed by atoms with Crippen LogP contribution in [0.2, 0.25) is 0 Å². The molecule has 1 N–H and O–H groups in total. The average molecular weight is 906 g/mol. The fourth-order valence-corrected chi connectivity index (χ4v) is 3.98. The van der Waals surface area contributed by atoms with Crippen molar-refractivity contribution in [3.63, 3.8) is 0 Å². The molecule has 0 atom stereocenters. The van der Waals surface area contributed by atoms with Gasteiger partial charge in [-0.05, 0) is 56.7 Å². The van der Waals surface area contributed by atoms with Crippen molar-refractivity contribution in [1.29, 1.82) is 0 Å². The third-order valence-electron chi connectivity index (χ3n) is 6.09. The standard InChI is InChI=1S/C15H12F4N4O3.C13H8F4N4O3.2CH3Br/c1-4-22-13(24)12(15(17,18)19)21-23(14(22)25)10-7-11(26-5-2)9(20-3)6-8(10)16;1-3-24-9-5-8(6(14)4-7(9)18-2)21-12(23)19-11(22)10(20-21)13(15,16)17;2*1-2/h6-7H,4-5H2,1-2H3;4-5H,3H2,1H3,(H,19,22,23);2*1H3. The number of nitrogens with zero attached hydrogens (tertiary/aromatic N) is 7. The van der Waals surface area contributed by atoms with E-state index in [0.717, 1.165) is 18.2 Å². The van der Waals surface area contributed by atoms with E-state index in [1.54, 1.807) is 13.8 Å². The number of aromatic nitrogens is 6. The lowest BCUT2D eigenvalue weighted by Gasteiger charge is -2.14. The van der Waals surface area contributed by atoms with Crippen molar-refractivity contribution in [3.05, 3.63) is 112 Å². The van der Waals surface area contributed by atoms with E-state index in [0.29, 0.717) is 10.6 Å². The van der Waals surface area contributed by atoms with Gasteiger partial charge in [-0.25, -0.2) is 28.1 Å². The molecule has 0 amide bonds.